The highest BCUT2D eigenvalue weighted by atomic mass is 16.5. The third-order valence-corrected chi connectivity index (χ3v) is 4.52. The molecule has 2 aromatic carbocycles. The molecule has 0 heterocycles. The monoisotopic (exact) mass is 442 g/mol. The van der Waals surface area contributed by atoms with Crippen molar-refractivity contribution >= 4 is 23.5 Å². The van der Waals surface area contributed by atoms with Gasteiger partial charge in [-0.05, 0) is 63.2 Å². The van der Waals surface area contributed by atoms with Crippen molar-refractivity contribution in [1.82, 2.24) is 4.90 Å². The molecular weight excluding hydrogens is 412 g/mol. The summed E-state index contributed by atoms with van der Waals surface area (Å²) in [5, 5.41) is 2.64. The van der Waals surface area contributed by atoms with Gasteiger partial charge in [-0.1, -0.05) is 6.07 Å². The molecule has 8 nitrogen and oxygen atoms in total. The van der Waals surface area contributed by atoms with Crippen molar-refractivity contribution < 1.29 is 28.6 Å². The molecule has 1 N–H and O–H groups in total. The van der Waals surface area contributed by atoms with Gasteiger partial charge in [-0.3, -0.25) is 14.4 Å². The predicted molar refractivity (Wildman–Crippen MR) is 121 cm³/mol. The Balaban J connectivity index is 1.74. The number of hydrogen-bond donors (Lipinski definition) is 1. The van der Waals surface area contributed by atoms with E-state index >= 15 is 0 Å². The van der Waals surface area contributed by atoms with Crippen LogP contribution in [0, 0.1) is 0 Å². The van der Waals surface area contributed by atoms with Crippen LogP contribution in [0.3, 0.4) is 0 Å². The highest BCUT2D eigenvalue weighted by molar-refractivity contribution is 5.97. The van der Waals surface area contributed by atoms with E-state index in [1.54, 1.807) is 53.4 Å². The fraction of sp³-hybridized carbons (Fsp3) is 0.375. The van der Waals surface area contributed by atoms with Crippen LogP contribution in [-0.4, -0.2) is 55.6 Å². The molecule has 2 rings (SSSR count). The zero-order valence-corrected chi connectivity index (χ0v) is 18.8. The molecule has 172 valence electrons. The topological polar surface area (TPSA) is 94.2 Å². The van der Waals surface area contributed by atoms with Gasteiger partial charge in [0.2, 0.25) is 0 Å². The van der Waals surface area contributed by atoms with Crippen LogP contribution >= 0.6 is 0 Å². The molecule has 0 aliphatic heterocycles. The molecule has 32 heavy (non-hydrogen) atoms. The number of benzene rings is 2. The summed E-state index contributed by atoms with van der Waals surface area (Å²) in [6, 6.07) is 13.7. The Morgan fingerprint density at radius 3 is 2.19 bits per heavy atom. The largest absolute Gasteiger partial charge is 0.494 e. The number of ether oxygens (including phenoxy) is 3. The summed E-state index contributed by atoms with van der Waals surface area (Å²) in [7, 11) is 0. The first-order chi connectivity index (χ1) is 15.5. The maximum atomic E-state index is 12.4. The van der Waals surface area contributed by atoms with Gasteiger partial charge in [0.05, 0.1) is 19.6 Å². The van der Waals surface area contributed by atoms with Gasteiger partial charge in [0.15, 0.2) is 6.61 Å². The van der Waals surface area contributed by atoms with Crippen LogP contribution in [0.15, 0.2) is 48.5 Å². The van der Waals surface area contributed by atoms with Gasteiger partial charge in [-0.2, -0.15) is 0 Å². The minimum absolute atomic E-state index is 0.00828. The second kappa shape index (κ2) is 13.0. The standard InChI is InChI=1S/C24H30N2O6/c1-4-26(5-2)24(29)18-8-7-9-19(16-18)25-22(27)17-32-23(28)14-15-31-21-12-10-20(11-13-21)30-6-3/h7-13,16H,4-6,14-15,17H2,1-3H3,(H,25,27). The first-order valence-corrected chi connectivity index (χ1v) is 10.7. The zero-order valence-electron chi connectivity index (χ0n) is 18.8. The van der Waals surface area contributed by atoms with E-state index in [0.717, 1.165) is 5.75 Å². The summed E-state index contributed by atoms with van der Waals surface area (Å²) in [4.78, 5) is 38.1. The highest BCUT2D eigenvalue weighted by Gasteiger charge is 2.14. The van der Waals surface area contributed by atoms with Crippen LogP contribution in [0.25, 0.3) is 0 Å². The fourth-order valence-corrected chi connectivity index (χ4v) is 2.89. The van der Waals surface area contributed by atoms with Crippen molar-refractivity contribution in [2.75, 3.05) is 38.2 Å². The predicted octanol–water partition coefficient (Wildman–Crippen LogP) is 3.52. The summed E-state index contributed by atoms with van der Waals surface area (Å²) in [6.45, 7) is 7.21. The second-order valence-electron chi connectivity index (χ2n) is 6.77. The number of carbonyl (C=O) groups excluding carboxylic acids is 3. The Morgan fingerprint density at radius 2 is 1.56 bits per heavy atom. The van der Waals surface area contributed by atoms with Crippen molar-refractivity contribution in [3.8, 4) is 11.5 Å². The molecule has 0 bridgehead atoms. The van der Waals surface area contributed by atoms with Gasteiger partial charge >= 0.3 is 5.97 Å². The number of anilines is 1. The van der Waals surface area contributed by atoms with Gasteiger partial charge in [0.1, 0.15) is 11.5 Å². The van der Waals surface area contributed by atoms with E-state index in [9.17, 15) is 14.4 Å². The average Bonchev–Trinajstić information content (AvgIpc) is 2.80. The minimum atomic E-state index is -0.545. The van der Waals surface area contributed by atoms with E-state index in [2.05, 4.69) is 5.32 Å². The van der Waals surface area contributed by atoms with Gasteiger partial charge in [0, 0.05) is 24.3 Å². The van der Waals surface area contributed by atoms with Crippen molar-refractivity contribution in [2.45, 2.75) is 27.2 Å². The molecule has 0 aliphatic carbocycles. The van der Waals surface area contributed by atoms with Gasteiger partial charge in [-0.15, -0.1) is 0 Å². The molecule has 0 atom stereocenters. The maximum absolute atomic E-state index is 12.4. The van der Waals surface area contributed by atoms with E-state index in [1.807, 2.05) is 20.8 Å². The first-order valence-electron chi connectivity index (χ1n) is 10.7. The van der Waals surface area contributed by atoms with Crippen LogP contribution < -0.4 is 14.8 Å². The Bertz CT molecular complexity index is 894. The fourth-order valence-electron chi connectivity index (χ4n) is 2.89. The Hall–Kier alpha value is -3.55. The van der Waals surface area contributed by atoms with E-state index in [-0.39, 0.29) is 18.9 Å². The van der Waals surface area contributed by atoms with E-state index < -0.39 is 18.5 Å². The lowest BCUT2D eigenvalue weighted by Gasteiger charge is -2.19. The molecular formula is C24H30N2O6. The van der Waals surface area contributed by atoms with Crippen LogP contribution in [0.5, 0.6) is 11.5 Å². The lowest BCUT2D eigenvalue weighted by atomic mass is 10.1. The normalized spacial score (nSPS) is 10.2. The van der Waals surface area contributed by atoms with Crippen molar-refractivity contribution in [2.24, 2.45) is 0 Å². The van der Waals surface area contributed by atoms with E-state index in [4.69, 9.17) is 14.2 Å². The lowest BCUT2D eigenvalue weighted by molar-refractivity contribution is -0.147. The molecule has 0 radical (unpaired) electrons. The third-order valence-electron chi connectivity index (χ3n) is 4.52. The Morgan fingerprint density at radius 1 is 0.906 bits per heavy atom. The first kappa shape index (κ1) is 24.7. The summed E-state index contributed by atoms with van der Waals surface area (Å²) >= 11 is 0. The number of nitrogens with one attached hydrogen (secondary N) is 1. The number of amides is 2. The molecule has 0 aliphatic rings. The summed E-state index contributed by atoms with van der Waals surface area (Å²) < 4.78 is 15.8. The third kappa shape index (κ3) is 7.94. The second-order valence-corrected chi connectivity index (χ2v) is 6.77. The van der Waals surface area contributed by atoms with Crippen LogP contribution in [-0.2, 0) is 14.3 Å². The van der Waals surface area contributed by atoms with Gasteiger partial charge in [0.25, 0.3) is 11.8 Å². The lowest BCUT2D eigenvalue weighted by Crippen LogP contribution is -2.30. The molecule has 2 amide bonds. The van der Waals surface area contributed by atoms with Crippen molar-refractivity contribution in [3.05, 3.63) is 54.1 Å². The van der Waals surface area contributed by atoms with Gasteiger partial charge in [-0.25, -0.2) is 0 Å². The van der Waals surface area contributed by atoms with Crippen molar-refractivity contribution in [3.63, 3.8) is 0 Å². The smallest absolute Gasteiger partial charge is 0.309 e. The maximum Gasteiger partial charge on any atom is 0.309 e. The minimum Gasteiger partial charge on any atom is -0.494 e. The number of nitrogens with zero attached hydrogens (tertiary/aromatic N) is 1. The van der Waals surface area contributed by atoms with E-state index in [1.165, 1.54) is 0 Å². The molecule has 8 heteroatoms. The molecule has 0 aromatic heterocycles. The summed E-state index contributed by atoms with van der Waals surface area (Å²) in [5.74, 6) is 0.214. The van der Waals surface area contributed by atoms with Crippen molar-refractivity contribution in [1.29, 1.82) is 0 Å². The SMILES string of the molecule is CCOc1ccc(OCCC(=O)OCC(=O)Nc2cccc(C(=O)N(CC)CC)c2)cc1. The molecule has 0 fully saturated rings. The van der Waals surface area contributed by atoms with Gasteiger partial charge < -0.3 is 24.4 Å². The molecule has 0 spiro atoms. The molecule has 0 unspecified atom stereocenters. The molecule has 2 aromatic rings. The Labute approximate surface area is 188 Å². The number of hydrogen-bond acceptors (Lipinski definition) is 6. The van der Waals surface area contributed by atoms with Crippen LogP contribution in [0.2, 0.25) is 0 Å². The number of esters is 1. The molecule has 0 saturated carbocycles. The Kier molecular flexibility index (Phi) is 10.0. The van der Waals surface area contributed by atoms with Crippen LogP contribution in [0.1, 0.15) is 37.6 Å². The van der Waals surface area contributed by atoms with Crippen LogP contribution in [0.4, 0.5) is 5.69 Å². The summed E-state index contributed by atoms with van der Waals surface area (Å²) in [6.07, 6.45) is 0.00828. The molecule has 0 saturated heterocycles. The quantitative estimate of drug-likeness (QED) is 0.506. The average molecular weight is 443 g/mol. The highest BCUT2D eigenvalue weighted by Crippen LogP contribution is 2.17. The number of carbonyl (C=O) groups is 3. The summed E-state index contributed by atoms with van der Waals surface area (Å²) in [5.41, 5.74) is 0.942. The zero-order chi connectivity index (χ0) is 23.3. The number of rotatable bonds is 12. The van der Waals surface area contributed by atoms with E-state index in [0.29, 0.717) is 36.7 Å².